The first kappa shape index (κ1) is 21.7. The zero-order valence-corrected chi connectivity index (χ0v) is 16.3. The number of ether oxygens (including phenoxy) is 1. The molecule has 0 aliphatic carbocycles. The van der Waals surface area contributed by atoms with E-state index in [1.54, 1.807) is 36.4 Å². The number of hydrogen-bond acceptors (Lipinski definition) is 6. The molecule has 1 aliphatic heterocycles. The molecule has 28 heavy (non-hydrogen) atoms. The lowest BCUT2D eigenvalue weighted by Crippen LogP contribution is -2.32. The van der Waals surface area contributed by atoms with Gasteiger partial charge in [0.05, 0.1) is 5.25 Å². The van der Waals surface area contributed by atoms with Crippen LogP contribution in [0.4, 0.5) is 4.79 Å². The van der Waals surface area contributed by atoms with Crippen molar-refractivity contribution >= 4 is 41.3 Å². The first-order chi connectivity index (χ1) is 12.9. The molecule has 2 amide bonds. The second-order valence-electron chi connectivity index (χ2n) is 6.13. The molecule has 2 aromatic carbocycles. The van der Waals surface area contributed by atoms with E-state index in [9.17, 15) is 14.4 Å². The van der Waals surface area contributed by atoms with Gasteiger partial charge in [0.1, 0.15) is 17.5 Å². The number of amides is 2. The van der Waals surface area contributed by atoms with Crippen molar-refractivity contribution in [1.82, 2.24) is 5.32 Å². The van der Waals surface area contributed by atoms with Gasteiger partial charge in [-0.05, 0) is 48.2 Å². The van der Waals surface area contributed by atoms with Crippen LogP contribution in [0.3, 0.4) is 0 Å². The Morgan fingerprint density at radius 1 is 1.07 bits per heavy atom. The van der Waals surface area contributed by atoms with Crippen LogP contribution in [0.2, 0.25) is 0 Å². The molecule has 9 heteroatoms. The van der Waals surface area contributed by atoms with E-state index in [2.05, 4.69) is 5.32 Å². The summed E-state index contributed by atoms with van der Waals surface area (Å²) in [5, 5.41) is 10.4. The van der Waals surface area contributed by atoms with Gasteiger partial charge in [0, 0.05) is 0 Å². The van der Waals surface area contributed by atoms with Gasteiger partial charge in [0.25, 0.3) is 5.24 Å². The average molecular weight is 423 g/mol. The highest BCUT2D eigenvalue weighted by Crippen LogP contribution is 2.26. The zero-order chi connectivity index (χ0) is 19.4. The molecule has 0 radical (unpaired) electrons. The van der Waals surface area contributed by atoms with Gasteiger partial charge in [0.2, 0.25) is 5.91 Å². The number of carboxylic acid groups (broad SMARTS) is 1. The molecule has 2 aromatic rings. The van der Waals surface area contributed by atoms with Crippen molar-refractivity contribution in [3.8, 4) is 11.5 Å². The molecule has 0 bridgehead atoms. The third-order valence-corrected chi connectivity index (χ3v) is 5.02. The maximum atomic E-state index is 11.6. The number of imide groups is 1. The van der Waals surface area contributed by atoms with Crippen LogP contribution in [0, 0.1) is 0 Å². The van der Waals surface area contributed by atoms with Crippen molar-refractivity contribution in [3.63, 3.8) is 0 Å². The molecule has 1 heterocycles. The molecule has 1 saturated heterocycles. The fourth-order valence-corrected chi connectivity index (χ4v) is 3.47. The fraction of sp³-hybridized carbons (Fsp3) is 0.211. The van der Waals surface area contributed by atoms with Crippen molar-refractivity contribution in [2.24, 2.45) is 5.73 Å². The minimum atomic E-state index is -1.03. The topological polar surface area (TPSA) is 119 Å². The van der Waals surface area contributed by atoms with Crippen molar-refractivity contribution in [2.75, 3.05) is 0 Å². The first-order valence-corrected chi connectivity index (χ1v) is 9.14. The summed E-state index contributed by atoms with van der Waals surface area (Å²) in [6.07, 6.45) is 0.723. The predicted octanol–water partition coefficient (Wildman–Crippen LogP) is 2.75. The molecule has 4 N–H and O–H groups in total. The Balaban J connectivity index is 0.00000280. The lowest BCUT2D eigenvalue weighted by Gasteiger charge is -2.10. The van der Waals surface area contributed by atoms with E-state index >= 15 is 0 Å². The highest BCUT2D eigenvalue weighted by Gasteiger charge is 2.31. The molecule has 1 aliphatic rings. The second-order valence-corrected chi connectivity index (χ2v) is 7.30. The lowest BCUT2D eigenvalue weighted by atomic mass is 10.1. The van der Waals surface area contributed by atoms with Crippen LogP contribution < -0.4 is 15.8 Å². The van der Waals surface area contributed by atoms with Gasteiger partial charge in [-0.3, -0.25) is 19.7 Å². The summed E-state index contributed by atoms with van der Waals surface area (Å²) in [6.45, 7) is 0. The number of benzene rings is 2. The van der Waals surface area contributed by atoms with Crippen LogP contribution in [0.5, 0.6) is 11.5 Å². The number of carboxylic acids is 1. The van der Waals surface area contributed by atoms with Gasteiger partial charge < -0.3 is 15.6 Å². The minimum Gasteiger partial charge on any atom is -0.480 e. The average Bonchev–Trinajstić information content (AvgIpc) is 2.95. The molecular formula is C19H19ClN2O5S. The number of nitrogens with two attached hydrogens (primary N) is 1. The van der Waals surface area contributed by atoms with Crippen molar-refractivity contribution in [1.29, 1.82) is 0 Å². The Labute approximate surface area is 172 Å². The van der Waals surface area contributed by atoms with E-state index < -0.39 is 17.3 Å². The van der Waals surface area contributed by atoms with Gasteiger partial charge in [-0.25, -0.2) is 0 Å². The third-order valence-electron chi connectivity index (χ3n) is 4.04. The van der Waals surface area contributed by atoms with Crippen molar-refractivity contribution < 1.29 is 24.2 Å². The Morgan fingerprint density at radius 2 is 1.61 bits per heavy atom. The third kappa shape index (κ3) is 5.72. The van der Waals surface area contributed by atoms with Crippen LogP contribution in [0.1, 0.15) is 11.1 Å². The van der Waals surface area contributed by atoms with E-state index in [1.807, 2.05) is 12.1 Å². The number of thioether (sulfide) groups is 1. The Kier molecular flexibility index (Phi) is 7.45. The molecule has 0 saturated carbocycles. The van der Waals surface area contributed by atoms with E-state index in [0.29, 0.717) is 17.9 Å². The number of aliphatic carboxylic acids is 1. The van der Waals surface area contributed by atoms with E-state index in [4.69, 9.17) is 15.6 Å². The van der Waals surface area contributed by atoms with Gasteiger partial charge in [-0.15, -0.1) is 12.4 Å². The SMILES string of the molecule is Cl.N[C@@H](Cc1ccc(Oc2ccc(CC3SC(=O)NC3=O)cc2)cc1)C(=O)O. The van der Waals surface area contributed by atoms with Gasteiger partial charge >= 0.3 is 5.97 Å². The molecule has 3 rings (SSSR count). The second kappa shape index (κ2) is 9.59. The molecular weight excluding hydrogens is 404 g/mol. The van der Waals surface area contributed by atoms with Crippen LogP contribution >= 0.6 is 24.2 Å². The molecule has 7 nitrogen and oxygen atoms in total. The summed E-state index contributed by atoms with van der Waals surface area (Å²) in [4.78, 5) is 33.6. The van der Waals surface area contributed by atoms with Gasteiger partial charge in [-0.2, -0.15) is 0 Å². The van der Waals surface area contributed by atoms with Crippen LogP contribution in [-0.4, -0.2) is 33.5 Å². The summed E-state index contributed by atoms with van der Waals surface area (Å²) in [7, 11) is 0. The fourth-order valence-electron chi connectivity index (χ4n) is 2.61. The molecule has 148 valence electrons. The summed E-state index contributed by atoms with van der Waals surface area (Å²) < 4.78 is 5.76. The summed E-state index contributed by atoms with van der Waals surface area (Å²) in [5.41, 5.74) is 7.27. The number of carbonyl (C=O) groups is 3. The number of carbonyl (C=O) groups excluding carboxylic acids is 2. The molecule has 1 unspecified atom stereocenters. The standard InChI is InChI=1S/C19H18N2O5S.ClH/c20-15(18(23)24)9-11-1-5-13(6-2-11)26-14-7-3-12(4-8-14)10-16-17(22)21-19(25)27-16;/h1-8,15-16H,9-10,20H2,(H,23,24)(H,21,22,25);1H/t15-,16?;/m0./s1. The number of hydrogen-bond donors (Lipinski definition) is 3. The number of halogens is 1. The van der Waals surface area contributed by atoms with Crippen LogP contribution in [0.25, 0.3) is 0 Å². The lowest BCUT2D eigenvalue weighted by molar-refractivity contribution is -0.138. The van der Waals surface area contributed by atoms with Crippen molar-refractivity contribution in [3.05, 3.63) is 59.7 Å². The number of nitrogens with one attached hydrogen (secondary N) is 1. The summed E-state index contributed by atoms with van der Waals surface area (Å²) >= 11 is 1.01. The largest absolute Gasteiger partial charge is 0.480 e. The molecule has 0 aromatic heterocycles. The Bertz CT molecular complexity index is 858. The maximum Gasteiger partial charge on any atom is 0.320 e. The first-order valence-electron chi connectivity index (χ1n) is 8.26. The van der Waals surface area contributed by atoms with Gasteiger partial charge in [-0.1, -0.05) is 36.0 Å². The highest BCUT2D eigenvalue weighted by atomic mass is 35.5. The Hall–Kier alpha value is -2.55. The van der Waals surface area contributed by atoms with E-state index in [-0.39, 0.29) is 30.0 Å². The monoisotopic (exact) mass is 422 g/mol. The minimum absolute atomic E-state index is 0. The number of rotatable bonds is 7. The normalized spacial score (nSPS) is 16.8. The zero-order valence-electron chi connectivity index (χ0n) is 14.7. The quantitative estimate of drug-likeness (QED) is 0.627. The van der Waals surface area contributed by atoms with E-state index in [1.165, 1.54) is 0 Å². The predicted molar refractivity (Wildman–Crippen MR) is 108 cm³/mol. The van der Waals surface area contributed by atoms with Gasteiger partial charge in [0.15, 0.2) is 0 Å². The smallest absolute Gasteiger partial charge is 0.320 e. The molecule has 0 spiro atoms. The van der Waals surface area contributed by atoms with Crippen molar-refractivity contribution in [2.45, 2.75) is 24.1 Å². The summed E-state index contributed by atoms with van der Waals surface area (Å²) in [6, 6.07) is 13.4. The maximum absolute atomic E-state index is 11.6. The highest BCUT2D eigenvalue weighted by molar-refractivity contribution is 8.15. The van der Waals surface area contributed by atoms with E-state index in [0.717, 1.165) is 22.9 Å². The molecule has 2 atom stereocenters. The summed E-state index contributed by atoms with van der Waals surface area (Å²) in [5.74, 6) is -0.0404. The van der Waals surface area contributed by atoms with Crippen LogP contribution in [0.15, 0.2) is 48.5 Å². The molecule has 1 fully saturated rings. The Morgan fingerprint density at radius 3 is 2.07 bits per heavy atom. The van der Waals surface area contributed by atoms with Crippen LogP contribution in [-0.2, 0) is 22.4 Å².